The van der Waals surface area contributed by atoms with E-state index < -0.39 is 0 Å². The van der Waals surface area contributed by atoms with E-state index in [9.17, 15) is 4.79 Å². The molecule has 0 aliphatic carbocycles. The molecule has 0 spiro atoms. The zero-order valence-corrected chi connectivity index (χ0v) is 13.9. The molecule has 0 aliphatic rings. The zero-order chi connectivity index (χ0) is 16.8. The minimum absolute atomic E-state index is 0.134. The Kier molecular flexibility index (Phi) is 5.24. The number of amides is 1. The average Bonchev–Trinajstić information content (AvgIpc) is 2.62. The van der Waals surface area contributed by atoms with Crippen molar-refractivity contribution in [1.29, 1.82) is 0 Å². The number of halogens is 1. The molecule has 24 heavy (non-hydrogen) atoms. The van der Waals surface area contributed by atoms with E-state index in [4.69, 9.17) is 11.6 Å². The summed E-state index contributed by atoms with van der Waals surface area (Å²) in [7, 11) is 0. The Bertz CT molecular complexity index is 765. The van der Waals surface area contributed by atoms with E-state index in [1.807, 2.05) is 60.7 Å². The van der Waals surface area contributed by atoms with Gasteiger partial charge in [-0.25, -0.2) is 4.98 Å². The fourth-order valence-corrected chi connectivity index (χ4v) is 2.66. The van der Waals surface area contributed by atoms with Crippen LogP contribution in [0.2, 0.25) is 5.15 Å². The maximum Gasteiger partial charge on any atom is 0.273 e. The van der Waals surface area contributed by atoms with Gasteiger partial charge in [0.2, 0.25) is 0 Å². The molecule has 0 N–H and O–H groups in total. The third kappa shape index (κ3) is 4.21. The molecule has 3 aromatic rings. The lowest BCUT2D eigenvalue weighted by atomic mass is 10.1. The van der Waals surface area contributed by atoms with Gasteiger partial charge in [-0.1, -0.05) is 78.3 Å². The van der Waals surface area contributed by atoms with Gasteiger partial charge in [0.1, 0.15) is 10.8 Å². The molecule has 0 radical (unpaired) electrons. The van der Waals surface area contributed by atoms with Crippen molar-refractivity contribution < 1.29 is 4.79 Å². The molecule has 3 nitrogen and oxygen atoms in total. The molecule has 1 aromatic heterocycles. The molecule has 2 aromatic carbocycles. The summed E-state index contributed by atoms with van der Waals surface area (Å²) in [5.74, 6) is -0.134. The van der Waals surface area contributed by atoms with E-state index in [1.165, 1.54) is 0 Å². The maximum atomic E-state index is 12.9. The third-order valence-corrected chi connectivity index (χ3v) is 3.86. The number of nitrogens with zero attached hydrogens (tertiary/aromatic N) is 2. The first-order valence-corrected chi connectivity index (χ1v) is 8.10. The first-order chi connectivity index (χ1) is 11.7. The summed E-state index contributed by atoms with van der Waals surface area (Å²) < 4.78 is 0. The molecular formula is C20H17ClN2O. The molecular weight excluding hydrogens is 320 g/mol. The second kappa shape index (κ2) is 7.75. The molecule has 0 unspecified atom stereocenters. The van der Waals surface area contributed by atoms with Crippen molar-refractivity contribution in [3.8, 4) is 0 Å². The van der Waals surface area contributed by atoms with Crippen molar-refractivity contribution in [3.63, 3.8) is 0 Å². The number of rotatable bonds is 5. The van der Waals surface area contributed by atoms with Crippen molar-refractivity contribution in [2.24, 2.45) is 0 Å². The van der Waals surface area contributed by atoms with Gasteiger partial charge in [0, 0.05) is 13.1 Å². The van der Waals surface area contributed by atoms with Crippen LogP contribution in [0.1, 0.15) is 21.6 Å². The van der Waals surface area contributed by atoms with Gasteiger partial charge in [-0.05, 0) is 23.3 Å². The van der Waals surface area contributed by atoms with E-state index in [0.29, 0.717) is 23.9 Å². The summed E-state index contributed by atoms with van der Waals surface area (Å²) in [5.41, 5.74) is 2.50. The highest BCUT2D eigenvalue weighted by molar-refractivity contribution is 6.29. The van der Waals surface area contributed by atoms with Gasteiger partial charge >= 0.3 is 0 Å². The fourth-order valence-electron chi connectivity index (χ4n) is 2.50. The summed E-state index contributed by atoms with van der Waals surface area (Å²) in [4.78, 5) is 18.8. The van der Waals surface area contributed by atoms with Gasteiger partial charge in [-0.3, -0.25) is 4.79 Å². The van der Waals surface area contributed by atoms with Crippen LogP contribution in [0.3, 0.4) is 0 Å². The molecule has 120 valence electrons. The van der Waals surface area contributed by atoms with Crippen molar-refractivity contribution in [3.05, 3.63) is 101 Å². The second-order valence-corrected chi connectivity index (χ2v) is 5.87. The fraction of sp³-hybridized carbons (Fsp3) is 0.100. The number of hydrogen-bond acceptors (Lipinski definition) is 2. The summed E-state index contributed by atoms with van der Waals surface area (Å²) in [6.45, 7) is 1.03. The number of pyridine rings is 1. The number of benzene rings is 2. The second-order valence-electron chi connectivity index (χ2n) is 5.48. The molecule has 0 fully saturated rings. The van der Waals surface area contributed by atoms with Crippen LogP contribution in [-0.2, 0) is 13.1 Å². The van der Waals surface area contributed by atoms with Crippen molar-refractivity contribution in [2.45, 2.75) is 13.1 Å². The van der Waals surface area contributed by atoms with E-state index in [2.05, 4.69) is 4.98 Å². The zero-order valence-electron chi connectivity index (χ0n) is 13.1. The van der Waals surface area contributed by atoms with Crippen LogP contribution in [0.5, 0.6) is 0 Å². The quantitative estimate of drug-likeness (QED) is 0.639. The van der Waals surface area contributed by atoms with Crippen LogP contribution in [-0.4, -0.2) is 15.8 Å². The van der Waals surface area contributed by atoms with Gasteiger partial charge in [-0.2, -0.15) is 0 Å². The highest BCUT2D eigenvalue weighted by Crippen LogP contribution is 2.14. The number of hydrogen-bond donors (Lipinski definition) is 0. The van der Waals surface area contributed by atoms with Gasteiger partial charge in [0.25, 0.3) is 5.91 Å². The molecule has 0 saturated heterocycles. The Labute approximate surface area is 146 Å². The van der Waals surface area contributed by atoms with Crippen molar-refractivity contribution in [2.75, 3.05) is 0 Å². The van der Waals surface area contributed by atoms with Crippen LogP contribution in [0.4, 0.5) is 0 Å². The lowest BCUT2D eigenvalue weighted by molar-refractivity contribution is 0.0724. The average molecular weight is 337 g/mol. The molecule has 1 amide bonds. The van der Waals surface area contributed by atoms with Crippen LogP contribution >= 0.6 is 11.6 Å². The largest absolute Gasteiger partial charge is 0.329 e. The number of aromatic nitrogens is 1. The summed E-state index contributed by atoms with van der Waals surface area (Å²) in [5, 5.41) is 0.320. The van der Waals surface area contributed by atoms with E-state index >= 15 is 0 Å². The van der Waals surface area contributed by atoms with E-state index in [-0.39, 0.29) is 5.91 Å². The lowest BCUT2D eigenvalue weighted by Crippen LogP contribution is -2.30. The monoisotopic (exact) mass is 336 g/mol. The highest BCUT2D eigenvalue weighted by atomic mass is 35.5. The Morgan fingerprint density at radius 1 is 0.792 bits per heavy atom. The van der Waals surface area contributed by atoms with Gasteiger partial charge < -0.3 is 4.90 Å². The molecule has 0 atom stereocenters. The Balaban J connectivity index is 1.87. The van der Waals surface area contributed by atoms with Gasteiger partial charge in [0.15, 0.2) is 0 Å². The smallest absolute Gasteiger partial charge is 0.273 e. The van der Waals surface area contributed by atoms with Crippen LogP contribution in [0, 0.1) is 0 Å². The highest BCUT2D eigenvalue weighted by Gasteiger charge is 2.18. The van der Waals surface area contributed by atoms with E-state index in [1.54, 1.807) is 23.1 Å². The first-order valence-electron chi connectivity index (χ1n) is 7.72. The molecule has 0 bridgehead atoms. The molecule has 4 heteroatoms. The van der Waals surface area contributed by atoms with Gasteiger partial charge in [0.05, 0.1) is 0 Å². The normalized spacial score (nSPS) is 10.4. The molecule has 0 saturated carbocycles. The third-order valence-electron chi connectivity index (χ3n) is 3.65. The SMILES string of the molecule is O=C(c1cccc(Cl)n1)N(Cc1ccccc1)Cc1ccccc1. The maximum absolute atomic E-state index is 12.9. The molecule has 0 aliphatic heterocycles. The first kappa shape index (κ1) is 16.2. The lowest BCUT2D eigenvalue weighted by Gasteiger charge is -2.23. The Morgan fingerprint density at radius 2 is 1.33 bits per heavy atom. The Hall–Kier alpha value is -2.65. The summed E-state index contributed by atoms with van der Waals surface area (Å²) in [6, 6.07) is 24.9. The summed E-state index contributed by atoms with van der Waals surface area (Å²) >= 11 is 5.93. The van der Waals surface area contributed by atoms with Crippen LogP contribution < -0.4 is 0 Å². The predicted molar refractivity (Wildman–Crippen MR) is 95.7 cm³/mol. The summed E-state index contributed by atoms with van der Waals surface area (Å²) in [6.07, 6.45) is 0. The molecule has 3 rings (SSSR count). The van der Waals surface area contributed by atoms with E-state index in [0.717, 1.165) is 11.1 Å². The number of carbonyl (C=O) groups excluding carboxylic acids is 1. The van der Waals surface area contributed by atoms with Crippen molar-refractivity contribution >= 4 is 17.5 Å². The standard InChI is InChI=1S/C20H17ClN2O/c21-19-13-7-12-18(22-19)20(24)23(14-16-8-3-1-4-9-16)15-17-10-5-2-6-11-17/h1-13H,14-15H2. The topological polar surface area (TPSA) is 33.2 Å². The minimum Gasteiger partial charge on any atom is -0.329 e. The molecule has 1 heterocycles. The van der Waals surface area contributed by atoms with Crippen molar-refractivity contribution in [1.82, 2.24) is 9.88 Å². The predicted octanol–water partition coefficient (Wildman–Crippen LogP) is 4.58. The van der Waals surface area contributed by atoms with Crippen LogP contribution in [0.25, 0.3) is 0 Å². The number of carbonyl (C=O) groups is 1. The van der Waals surface area contributed by atoms with Gasteiger partial charge in [-0.15, -0.1) is 0 Å². The van der Waals surface area contributed by atoms with Crippen LogP contribution in [0.15, 0.2) is 78.9 Å². The Morgan fingerprint density at radius 3 is 1.83 bits per heavy atom. The minimum atomic E-state index is -0.134.